The summed E-state index contributed by atoms with van der Waals surface area (Å²) in [5.74, 6) is 3.81. The number of nitrogens with zero attached hydrogens (tertiary/aromatic N) is 10. The average Bonchev–Trinajstić information content (AvgIpc) is 1.21. The minimum atomic E-state index is -1.11. The molecule has 0 bridgehead atoms. The lowest BCUT2D eigenvalue weighted by molar-refractivity contribution is -0.00305. The molecule has 102 heavy (non-hydrogen) atoms. The van der Waals surface area contributed by atoms with E-state index in [9.17, 15) is 15.0 Å². The van der Waals surface area contributed by atoms with Crippen LogP contribution in [0.1, 0.15) is 28.9 Å². The summed E-state index contributed by atoms with van der Waals surface area (Å²) >= 11 is 0. The predicted octanol–water partition coefficient (Wildman–Crippen LogP) is 14.6. The van der Waals surface area contributed by atoms with Gasteiger partial charge in [-0.3, -0.25) is 19.7 Å². The van der Waals surface area contributed by atoms with Gasteiger partial charge < -0.3 is 44.3 Å². The molecule has 6 aromatic heterocycles. The van der Waals surface area contributed by atoms with Crippen LogP contribution in [0.5, 0.6) is 34.9 Å². The largest absolute Gasteiger partial charge is 0.439 e. The number of fused-ring (bicyclic) bond motifs is 3. The number of aromatic amines is 1. The van der Waals surface area contributed by atoms with Crippen LogP contribution in [0, 0.1) is 0 Å². The van der Waals surface area contributed by atoms with Crippen LogP contribution < -0.4 is 19.5 Å². The first-order chi connectivity index (χ1) is 48.8. The number of carbonyl (C=O) groups is 1. The van der Waals surface area contributed by atoms with Gasteiger partial charge >= 0.3 is 0 Å². The van der Waals surface area contributed by atoms with E-state index >= 15 is 0 Å². The van der Waals surface area contributed by atoms with Crippen LogP contribution in [-0.2, 0) is 36.0 Å². The Morgan fingerprint density at radius 1 is 0.471 bits per heavy atom. The molecule has 0 spiro atoms. The first-order valence-corrected chi connectivity index (χ1v) is 41.6. The number of pyridine rings is 3. The van der Waals surface area contributed by atoms with Crippen LogP contribution in [0.2, 0.25) is 51.4 Å². The van der Waals surface area contributed by atoms with Crippen LogP contribution in [0.4, 0.5) is 0 Å². The van der Waals surface area contributed by atoms with Crippen molar-refractivity contribution in [3.05, 3.63) is 218 Å². The van der Waals surface area contributed by atoms with Crippen LogP contribution in [0.25, 0.3) is 66.1 Å². The number of β-amino-alcohol motifs (C(OH)–C–C–N with tert-alkyl or cyclic N) is 3. The number of benzene rings is 6. The number of ether oxygens (including phenoxy) is 5. The fraction of sp³-hybridized carbons (Fsp3) is 0.304. The van der Waals surface area contributed by atoms with Gasteiger partial charge in [-0.2, -0.15) is 15.3 Å². The average molecular weight is 1410 g/mol. The summed E-state index contributed by atoms with van der Waals surface area (Å²) in [7, 11) is -2.22. The Hall–Kier alpha value is -9.64. The fourth-order valence-corrected chi connectivity index (χ4v) is 12.9. The van der Waals surface area contributed by atoms with Crippen molar-refractivity contribution >= 4 is 54.8 Å². The molecule has 0 saturated carbocycles. The van der Waals surface area contributed by atoms with Gasteiger partial charge in [0, 0.05) is 159 Å². The molecule has 0 unspecified atom stereocenters. The second kappa shape index (κ2) is 34.4. The lowest BCUT2D eigenvalue weighted by Crippen LogP contribution is -2.49. The van der Waals surface area contributed by atoms with Crippen molar-refractivity contribution in [2.45, 2.75) is 104 Å². The zero-order valence-electron chi connectivity index (χ0n) is 58.0. The summed E-state index contributed by atoms with van der Waals surface area (Å²) in [4.78, 5) is 28.8. The van der Waals surface area contributed by atoms with E-state index in [2.05, 4.69) is 138 Å². The third-order valence-electron chi connectivity index (χ3n) is 17.3. The number of hydrogen-bond donors (Lipinski definition) is 5. The second-order valence-corrected chi connectivity index (χ2v) is 39.4. The smallest absolute Gasteiger partial charge is 0.219 e. The van der Waals surface area contributed by atoms with E-state index in [-0.39, 0.29) is 25.7 Å². The van der Waals surface area contributed by atoms with Gasteiger partial charge in [0.05, 0.1) is 35.4 Å². The van der Waals surface area contributed by atoms with Crippen LogP contribution in [0.3, 0.4) is 0 Å². The number of H-pyrrole nitrogens is 1. The van der Waals surface area contributed by atoms with Crippen molar-refractivity contribution in [1.29, 1.82) is 0 Å². The summed E-state index contributed by atoms with van der Waals surface area (Å²) in [5.41, 5.74) is 8.89. The molecule has 3 aliphatic heterocycles. The topological polar surface area (TPSA) is 245 Å². The number of carbonyl (C=O) groups excluding carboxylic acids is 1. The molecule has 15 rings (SSSR count). The van der Waals surface area contributed by atoms with Crippen molar-refractivity contribution in [3.8, 4) is 68.7 Å². The number of nitrogens with one attached hydrogen (secondary N) is 2. The van der Waals surface area contributed by atoms with Gasteiger partial charge in [-0.25, -0.2) is 24.3 Å². The molecule has 5 N–H and O–H groups in total. The van der Waals surface area contributed by atoms with E-state index in [1.165, 1.54) is 21.9 Å². The maximum atomic E-state index is 10.9. The maximum Gasteiger partial charge on any atom is 0.219 e. The Balaban J connectivity index is 0.000000148. The highest BCUT2D eigenvalue weighted by Crippen LogP contribution is 2.32. The molecule has 0 amide bonds. The molecule has 21 nitrogen and oxygen atoms in total. The number of rotatable bonds is 24. The van der Waals surface area contributed by atoms with Gasteiger partial charge in [0.15, 0.2) is 0 Å². The summed E-state index contributed by atoms with van der Waals surface area (Å²) in [5, 5.41) is 52.5. The molecule has 23 heteroatoms. The summed E-state index contributed by atoms with van der Waals surface area (Å²) in [6.07, 6.45) is 11.1. The highest BCUT2D eigenvalue weighted by Gasteiger charge is 2.25. The van der Waals surface area contributed by atoms with Gasteiger partial charge in [-0.1, -0.05) is 101 Å². The Kier molecular flexibility index (Phi) is 24.8. The van der Waals surface area contributed by atoms with Gasteiger partial charge in [-0.05, 0) is 147 Å². The van der Waals surface area contributed by atoms with Crippen molar-refractivity contribution in [2.24, 2.45) is 0 Å². The first-order valence-electron chi connectivity index (χ1n) is 34.2. The van der Waals surface area contributed by atoms with E-state index in [0.717, 1.165) is 151 Å². The minimum Gasteiger partial charge on any atom is -0.439 e. The normalized spacial score (nSPS) is 14.2. The van der Waals surface area contributed by atoms with Crippen molar-refractivity contribution in [2.75, 3.05) is 52.5 Å². The number of aliphatic hydroxyl groups excluding tert-OH is 3. The van der Waals surface area contributed by atoms with Crippen molar-refractivity contribution in [1.82, 2.24) is 59.8 Å². The highest BCUT2D eigenvalue weighted by atomic mass is 28.3. The molecular formula is C79H92N12O9Si2. The maximum absolute atomic E-state index is 10.9. The third kappa shape index (κ3) is 21.0. The number of likely N-dealkylation sites (tertiary alicyclic amines) is 2. The number of hydrogen-bond acceptors (Lipinski definition) is 18. The molecule has 12 aromatic rings. The molecule has 3 saturated heterocycles. The van der Waals surface area contributed by atoms with E-state index in [4.69, 9.17) is 28.8 Å². The number of aliphatic hydroxyl groups is 3. The Morgan fingerprint density at radius 3 is 1.24 bits per heavy atom. The molecule has 9 heterocycles. The Labute approximate surface area is 597 Å². The van der Waals surface area contributed by atoms with Crippen LogP contribution in [-0.4, -0.2) is 163 Å². The summed E-state index contributed by atoms with van der Waals surface area (Å²) < 4.78 is 33.3. The minimum absolute atomic E-state index is 0. The fourth-order valence-electron chi connectivity index (χ4n) is 11.4. The first kappa shape index (κ1) is 73.6. The predicted molar refractivity (Wildman–Crippen MR) is 407 cm³/mol. The Bertz CT molecular complexity index is 4650. The molecule has 0 atom stereocenters. The molecular weight excluding hydrogens is 1320 g/mol. The molecule has 0 radical (unpaired) electrons. The van der Waals surface area contributed by atoms with Gasteiger partial charge in [0.1, 0.15) is 37.0 Å². The highest BCUT2D eigenvalue weighted by molar-refractivity contribution is 6.76. The van der Waals surface area contributed by atoms with E-state index < -0.39 is 16.1 Å². The summed E-state index contributed by atoms with van der Waals surface area (Å²) in [6.45, 7) is 22.8. The zero-order chi connectivity index (χ0) is 70.3. The molecule has 3 fully saturated rings. The second-order valence-electron chi connectivity index (χ2n) is 28.1. The monoisotopic (exact) mass is 1410 g/mol. The zero-order valence-corrected chi connectivity index (χ0v) is 60.0. The van der Waals surface area contributed by atoms with Crippen LogP contribution >= 0.6 is 0 Å². The van der Waals surface area contributed by atoms with Gasteiger partial charge in [0.2, 0.25) is 17.6 Å². The quantitative estimate of drug-likeness (QED) is 0.0214. The Morgan fingerprint density at radius 2 is 0.873 bits per heavy atom. The summed E-state index contributed by atoms with van der Waals surface area (Å²) in [6, 6.07) is 56.0. The SMILES string of the molecule is C.C[Si](C)(C)CCOCn1nccc1-c1ccc(Oc2ccc3cc(C=O)ccc3c2)nc1.C[Si](C)(C)CCOCn1nccc1-c1ccc(Oc2ccc3cc(CN4CC(O)C4)ccc3c2)nc1.OC1CN(Cc2ccc3cc(Oc4ccc(-c5ccn[nH]5)cn4)ccc3c2)C1.OC1CNC1. The van der Waals surface area contributed by atoms with Crippen LogP contribution in [0.15, 0.2) is 201 Å². The lowest BCUT2D eigenvalue weighted by Gasteiger charge is -2.35. The standard InChI is InChI=1S/C28H34N4O3Si.C25H27N3O3Si.C22H20N4O2.C3H7NO.CH4/c1-36(2,3)13-12-34-20-32-27(10-11-30-32)24-7-9-28(29-16-24)35-26-8-6-22-14-21(4-5-23(22)15-26)17-31-18-25(33)19-31;1-32(2,3)13-12-30-18-28-24(10-11-27-28)22-7-9-25(26-16-22)31-23-8-6-20-14-19(17-29)4-5-21(20)15-23;27-19-13-26(14-19)12-15-1-2-17-10-20(5-3-16(17)9-15)28-22-6-4-18(11-23-22)21-7-8-24-25-21;5-3-1-4-2-3;/h4-11,14-16,25,33H,12-13,17-20H2,1-3H3;4-11,14-17H,12-13,18H2,1-3H3;1-11,19,27H,12-14H2,(H,24,25);3-5H,1-2H2;1H4. The molecule has 530 valence electrons. The number of aldehydes is 1. The molecule has 6 aromatic carbocycles. The molecule has 0 aliphatic carbocycles. The third-order valence-corrected chi connectivity index (χ3v) is 20.7. The van der Waals surface area contributed by atoms with E-state index in [1.807, 2.05) is 125 Å². The number of aromatic nitrogens is 9. The van der Waals surface area contributed by atoms with E-state index in [0.29, 0.717) is 42.4 Å². The van der Waals surface area contributed by atoms with Gasteiger partial charge in [0.25, 0.3) is 0 Å². The van der Waals surface area contributed by atoms with E-state index in [1.54, 1.807) is 37.1 Å². The van der Waals surface area contributed by atoms with Gasteiger partial charge in [-0.15, -0.1) is 0 Å². The molecule has 3 aliphatic rings. The van der Waals surface area contributed by atoms with Crippen molar-refractivity contribution in [3.63, 3.8) is 0 Å². The lowest BCUT2D eigenvalue weighted by atomic mass is 10.0. The van der Waals surface area contributed by atoms with Crippen molar-refractivity contribution < 1.29 is 43.8 Å².